The average molecular weight is 430 g/mol. The van der Waals surface area contributed by atoms with E-state index in [0.29, 0.717) is 23.1 Å². The van der Waals surface area contributed by atoms with Crippen LogP contribution < -0.4 is 4.90 Å². The summed E-state index contributed by atoms with van der Waals surface area (Å²) < 4.78 is 10.9. The number of rotatable bonds is 4. The maximum atomic E-state index is 13.6. The molecule has 2 heterocycles. The lowest BCUT2D eigenvalue weighted by Crippen LogP contribution is -2.39. The molecule has 0 saturated carbocycles. The van der Waals surface area contributed by atoms with Crippen LogP contribution in [0.25, 0.3) is 11.1 Å². The molecule has 0 spiro atoms. The third-order valence-electron chi connectivity index (χ3n) is 5.12. The van der Waals surface area contributed by atoms with Crippen molar-refractivity contribution in [2.45, 2.75) is 29.2 Å². The molecule has 154 valence electrons. The summed E-state index contributed by atoms with van der Waals surface area (Å²) in [6, 6.07) is 20.3. The smallest absolute Gasteiger partial charge is 0.339 e. The molecule has 0 saturated heterocycles. The minimum Gasteiger partial charge on any atom is -0.449 e. The number of fused-ring (bicyclic) bond motifs is 3. The first-order valence-electron chi connectivity index (χ1n) is 9.90. The van der Waals surface area contributed by atoms with Crippen molar-refractivity contribution in [3.63, 3.8) is 0 Å². The van der Waals surface area contributed by atoms with Crippen LogP contribution in [0, 0.1) is 0 Å². The molecule has 1 unspecified atom stereocenters. The van der Waals surface area contributed by atoms with Gasteiger partial charge in [-0.05, 0) is 48.9 Å². The van der Waals surface area contributed by atoms with Crippen molar-refractivity contribution >= 4 is 46.1 Å². The Bertz CT molecular complexity index is 1250. The van der Waals surface area contributed by atoms with Crippen LogP contribution in [0.3, 0.4) is 0 Å². The topological polar surface area (TPSA) is 72.6 Å². The molecule has 0 radical (unpaired) electrons. The Morgan fingerprint density at radius 2 is 1.71 bits per heavy atom. The summed E-state index contributed by atoms with van der Waals surface area (Å²) in [4.78, 5) is 34.1. The van der Waals surface area contributed by atoms with E-state index in [0.717, 1.165) is 21.2 Å². The van der Waals surface area contributed by atoms with Gasteiger partial charge in [0.25, 0.3) is 5.91 Å². The first-order chi connectivity index (χ1) is 15.2. The fourth-order valence-electron chi connectivity index (χ4n) is 3.57. The molecule has 0 N–H and O–H groups in total. The maximum Gasteiger partial charge on any atom is 0.339 e. The summed E-state index contributed by atoms with van der Waals surface area (Å²) in [7, 11) is 0. The van der Waals surface area contributed by atoms with Crippen LogP contribution in [0.15, 0.2) is 87.3 Å². The van der Waals surface area contributed by atoms with Gasteiger partial charge in [0.05, 0.1) is 16.9 Å². The van der Waals surface area contributed by atoms with Gasteiger partial charge >= 0.3 is 5.97 Å². The second-order valence-electron chi connectivity index (χ2n) is 7.05. The number of esters is 1. The summed E-state index contributed by atoms with van der Waals surface area (Å²) in [5.74, 6) is -0.858. The fraction of sp³-hybridized carbons (Fsp3) is 0.125. The van der Waals surface area contributed by atoms with Crippen LogP contribution in [0.5, 0.6) is 0 Å². The van der Waals surface area contributed by atoms with Gasteiger partial charge in [-0.1, -0.05) is 43.0 Å². The number of oxazole rings is 1. The van der Waals surface area contributed by atoms with E-state index in [1.165, 1.54) is 6.39 Å². The van der Waals surface area contributed by atoms with Gasteiger partial charge in [0.2, 0.25) is 0 Å². The number of para-hydroxylation sites is 2. The zero-order valence-electron chi connectivity index (χ0n) is 16.6. The van der Waals surface area contributed by atoms with E-state index in [1.807, 2.05) is 55.5 Å². The first kappa shape index (κ1) is 19.4. The second kappa shape index (κ2) is 7.92. The number of carbonyl (C=O) groups is 2. The van der Waals surface area contributed by atoms with Gasteiger partial charge < -0.3 is 9.15 Å². The predicted molar refractivity (Wildman–Crippen MR) is 118 cm³/mol. The van der Waals surface area contributed by atoms with E-state index in [4.69, 9.17) is 9.15 Å². The van der Waals surface area contributed by atoms with E-state index in [1.54, 1.807) is 34.9 Å². The Labute approximate surface area is 182 Å². The van der Waals surface area contributed by atoms with Gasteiger partial charge in [-0.2, -0.15) is 0 Å². The van der Waals surface area contributed by atoms with Crippen LogP contribution in [0.1, 0.15) is 23.7 Å². The lowest BCUT2D eigenvalue weighted by atomic mass is 10.1. The minimum absolute atomic E-state index is 0.281. The maximum absolute atomic E-state index is 13.6. The Balaban J connectivity index is 1.46. The highest BCUT2D eigenvalue weighted by Crippen LogP contribution is 2.48. The van der Waals surface area contributed by atoms with Gasteiger partial charge in [-0.15, -0.1) is 0 Å². The molecule has 1 aliphatic heterocycles. The van der Waals surface area contributed by atoms with E-state index >= 15 is 0 Å². The number of hydrogen-bond donors (Lipinski definition) is 0. The number of amides is 1. The largest absolute Gasteiger partial charge is 0.449 e. The molecular formula is C24H18N2O4S. The standard InChI is InChI=1S/C24H18N2O4S/c1-2-19(30-24(28)15-11-12-16-20(13-15)29-14-25-16)23(27)26-17-7-3-5-9-21(17)31-22-10-6-4-8-18(22)26/h3-14,19H,2H2,1H3. The number of anilines is 2. The SMILES string of the molecule is CCC(OC(=O)c1ccc2ncoc2c1)C(=O)N1c2ccccc2Sc2ccccc21. The van der Waals surface area contributed by atoms with Crippen LogP contribution in [0.2, 0.25) is 0 Å². The minimum atomic E-state index is -0.929. The van der Waals surface area contributed by atoms with Crippen LogP contribution in [0.4, 0.5) is 11.4 Å². The fourth-order valence-corrected chi connectivity index (χ4v) is 4.63. The Morgan fingerprint density at radius 1 is 1.03 bits per heavy atom. The van der Waals surface area contributed by atoms with Gasteiger partial charge in [-0.25, -0.2) is 9.78 Å². The lowest BCUT2D eigenvalue weighted by Gasteiger charge is -2.33. The molecule has 1 atom stereocenters. The highest BCUT2D eigenvalue weighted by Gasteiger charge is 2.34. The van der Waals surface area contributed by atoms with Crippen LogP contribution in [-0.2, 0) is 9.53 Å². The molecule has 1 aromatic heterocycles. The molecule has 1 amide bonds. The summed E-state index contributed by atoms with van der Waals surface area (Å²) in [5.41, 5.74) is 3.02. The van der Waals surface area contributed by atoms with Crippen molar-refractivity contribution in [1.29, 1.82) is 0 Å². The highest BCUT2D eigenvalue weighted by atomic mass is 32.2. The molecule has 31 heavy (non-hydrogen) atoms. The molecule has 5 rings (SSSR count). The van der Waals surface area contributed by atoms with Crippen molar-refractivity contribution in [2.24, 2.45) is 0 Å². The highest BCUT2D eigenvalue weighted by molar-refractivity contribution is 7.99. The molecular weight excluding hydrogens is 412 g/mol. The van der Waals surface area contributed by atoms with Gasteiger partial charge in [-0.3, -0.25) is 9.69 Å². The van der Waals surface area contributed by atoms with Crippen molar-refractivity contribution < 1.29 is 18.7 Å². The normalized spacial score (nSPS) is 13.4. The van der Waals surface area contributed by atoms with Crippen molar-refractivity contribution in [1.82, 2.24) is 4.98 Å². The van der Waals surface area contributed by atoms with Gasteiger partial charge in [0, 0.05) is 9.79 Å². The van der Waals surface area contributed by atoms with Crippen molar-refractivity contribution in [3.8, 4) is 0 Å². The molecule has 4 aromatic rings. The van der Waals surface area contributed by atoms with Crippen LogP contribution >= 0.6 is 11.8 Å². The number of carbonyl (C=O) groups excluding carboxylic acids is 2. The van der Waals surface area contributed by atoms with Gasteiger partial charge in [0.15, 0.2) is 18.1 Å². The predicted octanol–water partition coefficient (Wildman–Crippen LogP) is 5.59. The van der Waals surface area contributed by atoms with Gasteiger partial charge in [0.1, 0.15) is 5.52 Å². The molecule has 0 fully saturated rings. The number of ether oxygens (including phenoxy) is 1. The number of benzene rings is 3. The zero-order valence-corrected chi connectivity index (χ0v) is 17.5. The summed E-state index contributed by atoms with van der Waals surface area (Å²) in [6.45, 7) is 1.83. The quantitative estimate of drug-likeness (QED) is 0.393. The summed E-state index contributed by atoms with van der Waals surface area (Å²) in [6.07, 6.45) is 0.743. The zero-order chi connectivity index (χ0) is 21.4. The van der Waals surface area contributed by atoms with E-state index in [-0.39, 0.29) is 5.91 Å². The average Bonchev–Trinajstić information content (AvgIpc) is 3.28. The third-order valence-corrected chi connectivity index (χ3v) is 6.25. The Kier molecular flexibility index (Phi) is 4.95. The Morgan fingerprint density at radius 3 is 2.39 bits per heavy atom. The second-order valence-corrected chi connectivity index (χ2v) is 8.13. The molecule has 0 aliphatic carbocycles. The third kappa shape index (κ3) is 3.47. The van der Waals surface area contributed by atoms with E-state index < -0.39 is 12.1 Å². The van der Waals surface area contributed by atoms with Crippen LogP contribution in [-0.4, -0.2) is 23.0 Å². The molecule has 0 bridgehead atoms. The number of aromatic nitrogens is 1. The van der Waals surface area contributed by atoms with Crippen molar-refractivity contribution in [3.05, 3.63) is 78.7 Å². The monoisotopic (exact) mass is 430 g/mol. The molecule has 6 nitrogen and oxygen atoms in total. The molecule has 7 heteroatoms. The molecule has 1 aliphatic rings. The summed E-state index contributed by atoms with van der Waals surface area (Å²) in [5, 5.41) is 0. The number of hydrogen-bond acceptors (Lipinski definition) is 6. The lowest BCUT2D eigenvalue weighted by molar-refractivity contribution is -0.126. The summed E-state index contributed by atoms with van der Waals surface area (Å²) >= 11 is 1.62. The molecule has 3 aromatic carbocycles. The first-order valence-corrected chi connectivity index (χ1v) is 10.7. The Hall–Kier alpha value is -3.58. The number of nitrogens with zero attached hydrogens (tertiary/aromatic N) is 2. The van der Waals surface area contributed by atoms with Crippen molar-refractivity contribution in [2.75, 3.05) is 4.90 Å². The van der Waals surface area contributed by atoms with E-state index in [2.05, 4.69) is 4.98 Å². The van der Waals surface area contributed by atoms with E-state index in [9.17, 15) is 9.59 Å².